The van der Waals surface area contributed by atoms with Crippen LogP contribution in [0.3, 0.4) is 0 Å². The topological polar surface area (TPSA) is 25.8 Å². The van der Waals surface area contributed by atoms with Crippen molar-refractivity contribution < 1.29 is 0 Å². The summed E-state index contributed by atoms with van der Waals surface area (Å²) in [5, 5.41) is 0.518. The molecule has 3 heteroatoms. The maximum absolute atomic E-state index is 6.15. The number of rotatable bonds is 2. The fourth-order valence-electron chi connectivity index (χ4n) is 2.17. The van der Waals surface area contributed by atoms with Gasteiger partial charge in [-0.05, 0) is 25.0 Å². The predicted molar refractivity (Wildman–Crippen MR) is 87.4 cm³/mol. The van der Waals surface area contributed by atoms with Crippen molar-refractivity contribution in [3.05, 3.63) is 71.0 Å². The molecule has 3 rings (SSSR count). The van der Waals surface area contributed by atoms with Gasteiger partial charge in [0.05, 0.1) is 0 Å². The fourth-order valence-corrected chi connectivity index (χ4v) is 2.38. The number of nitrogens with zero attached hydrogens (tertiary/aromatic N) is 2. The van der Waals surface area contributed by atoms with Crippen LogP contribution in [0.5, 0.6) is 0 Å². The molecule has 0 amide bonds. The van der Waals surface area contributed by atoms with E-state index >= 15 is 0 Å². The minimum Gasteiger partial charge on any atom is -0.233 e. The smallest absolute Gasteiger partial charge is 0.161 e. The highest BCUT2D eigenvalue weighted by atomic mass is 35.5. The number of halogens is 1. The van der Waals surface area contributed by atoms with Crippen LogP contribution in [0.4, 0.5) is 0 Å². The molecule has 0 radical (unpaired) electrons. The molecule has 3 aromatic rings. The van der Waals surface area contributed by atoms with E-state index in [-0.39, 0.29) is 0 Å². The molecule has 0 bridgehead atoms. The SMILES string of the molecule is Cc1nc(-c2ccc(-c3ccccc3)cc2)nc(Cl)c1C. The van der Waals surface area contributed by atoms with Crippen molar-refractivity contribution in [3.63, 3.8) is 0 Å². The van der Waals surface area contributed by atoms with E-state index in [2.05, 4.69) is 34.2 Å². The van der Waals surface area contributed by atoms with Gasteiger partial charge in [-0.2, -0.15) is 0 Å². The van der Waals surface area contributed by atoms with Crippen molar-refractivity contribution in [1.29, 1.82) is 0 Å². The van der Waals surface area contributed by atoms with Crippen LogP contribution in [-0.2, 0) is 0 Å². The number of benzene rings is 2. The second-order valence-corrected chi connectivity index (χ2v) is 5.35. The summed E-state index contributed by atoms with van der Waals surface area (Å²) in [6.07, 6.45) is 0. The third-order valence-electron chi connectivity index (χ3n) is 3.58. The Hall–Kier alpha value is -2.19. The molecule has 2 nitrogen and oxygen atoms in total. The van der Waals surface area contributed by atoms with E-state index in [9.17, 15) is 0 Å². The summed E-state index contributed by atoms with van der Waals surface area (Å²) in [4.78, 5) is 8.87. The lowest BCUT2D eigenvalue weighted by molar-refractivity contribution is 1.07. The van der Waals surface area contributed by atoms with Crippen LogP contribution < -0.4 is 0 Å². The first-order valence-corrected chi connectivity index (χ1v) is 7.19. The Kier molecular flexibility index (Phi) is 3.72. The Bertz CT molecular complexity index is 742. The fraction of sp³-hybridized carbons (Fsp3) is 0.111. The molecule has 0 atom stereocenters. The van der Waals surface area contributed by atoms with Crippen LogP contribution in [0.2, 0.25) is 5.15 Å². The number of aryl methyl sites for hydroxylation is 1. The highest BCUT2D eigenvalue weighted by Gasteiger charge is 2.08. The molecule has 0 unspecified atom stereocenters. The van der Waals surface area contributed by atoms with Crippen molar-refractivity contribution in [2.75, 3.05) is 0 Å². The normalized spacial score (nSPS) is 10.6. The van der Waals surface area contributed by atoms with Crippen molar-refractivity contribution in [1.82, 2.24) is 9.97 Å². The Labute approximate surface area is 129 Å². The van der Waals surface area contributed by atoms with Crippen LogP contribution in [0.15, 0.2) is 54.6 Å². The first-order valence-electron chi connectivity index (χ1n) is 6.82. The van der Waals surface area contributed by atoms with E-state index in [1.54, 1.807) is 0 Å². The lowest BCUT2D eigenvalue weighted by Gasteiger charge is -2.07. The van der Waals surface area contributed by atoms with Crippen LogP contribution in [0.25, 0.3) is 22.5 Å². The monoisotopic (exact) mass is 294 g/mol. The van der Waals surface area contributed by atoms with Gasteiger partial charge in [0, 0.05) is 16.8 Å². The highest BCUT2D eigenvalue weighted by molar-refractivity contribution is 6.30. The van der Waals surface area contributed by atoms with E-state index in [1.807, 2.05) is 44.2 Å². The maximum Gasteiger partial charge on any atom is 0.161 e. The zero-order valence-corrected chi connectivity index (χ0v) is 12.7. The third-order valence-corrected chi connectivity index (χ3v) is 3.95. The van der Waals surface area contributed by atoms with Gasteiger partial charge in [0.25, 0.3) is 0 Å². The van der Waals surface area contributed by atoms with Crippen molar-refractivity contribution in [2.24, 2.45) is 0 Å². The Morgan fingerprint density at radius 1 is 0.714 bits per heavy atom. The lowest BCUT2D eigenvalue weighted by Crippen LogP contribution is -1.96. The van der Waals surface area contributed by atoms with E-state index in [1.165, 1.54) is 11.1 Å². The Morgan fingerprint density at radius 3 is 1.90 bits per heavy atom. The summed E-state index contributed by atoms with van der Waals surface area (Å²) in [6.45, 7) is 3.88. The van der Waals surface area contributed by atoms with E-state index in [4.69, 9.17) is 11.6 Å². The van der Waals surface area contributed by atoms with Gasteiger partial charge in [0.15, 0.2) is 5.82 Å². The summed E-state index contributed by atoms with van der Waals surface area (Å²) in [5.41, 5.74) is 5.19. The van der Waals surface area contributed by atoms with Crippen LogP contribution in [-0.4, -0.2) is 9.97 Å². The van der Waals surface area contributed by atoms with Crippen molar-refractivity contribution in [2.45, 2.75) is 13.8 Å². The molecule has 0 N–H and O–H groups in total. The van der Waals surface area contributed by atoms with E-state index in [0.717, 1.165) is 16.8 Å². The molecule has 0 spiro atoms. The average Bonchev–Trinajstić information content (AvgIpc) is 2.53. The third kappa shape index (κ3) is 2.81. The quantitative estimate of drug-likeness (QED) is 0.616. The van der Waals surface area contributed by atoms with Gasteiger partial charge in [-0.1, -0.05) is 66.2 Å². The molecule has 0 aliphatic carbocycles. The number of aromatic nitrogens is 2. The van der Waals surface area contributed by atoms with Gasteiger partial charge >= 0.3 is 0 Å². The highest BCUT2D eigenvalue weighted by Crippen LogP contribution is 2.25. The minimum atomic E-state index is 0.518. The minimum absolute atomic E-state index is 0.518. The molecule has 0 aliphatic heterocycles. The zero-order valence-electron chi connectivity index (χ0n) is 12.0. The molecule has 0 saturated heterocycles. The standard InChI is InChI=1S/C18H15ClN2/c1-12-13(2)20-18(21-17(12)19)16-10-8-15(9-11-16)14-6-4-3-5-7-14/h3-11H,1-2H3. The maximum atomic E-state index is 6.15. The Balaban J connectivity index is 1.98. The molecule has 0 aliphatic rings. The summed E-state index contributed by atoms with van der Waals surface area (Å²) in [7, 11) is 0. The molecule has 1 heterocycles. The van der Waals surface area contributed by atoms with Crippen LogP contribution in [0, 0.1) is 13.8 Å². The van der Waals surface area contributed by atoms with Crippen molar-refractivity contribution in [3.8, 4) is 22.5 Å². The van der Waals surface area contributed by atoms with Gasteiger partial charge < -0.3 is 0 Å². The van der Waals surface area contributed by atoms with Gasteiger partial charge in [0.2, 0.25) is 0 Å². The van der Waals surface area contributed by atoms with Crippen LogP contribution >= 0.6 is 11.6 Å². The summed E-state index contributed by atoms with van der Waals surface area (Å²) >= 11 is 6.15. The first-order chi connectivity index (χ1) is 10.1. The average molecular weight is 295 g/mol. The molecular formula is C18H15ClN2. The summed E-state index contributed by atoms with van der Waals surface area (Å²) < 4.78 is 0. The van der Waals surface area contributed by atoms with Gasteiger partial charge in [-0.15, -0.1) is 0 Å². The summed E-state index contributed by atoms with van der Waals surface area (Å²) in [6, 6.07) is 18.5. The molecule has 104 valence electrons. The first kappa shape index (κ1) is 13.8. The molecule has 1 aromatic heterocycles. The lowest BCUT2D eigenvalue weighted by atomic mass is 10.0. The van der Waals surface area contributed by atoms with Gasteiger partial charge in [-0.25, -0.2) is 9.97 Å². The van der Waals surface area contributed by atoms with Gasteiger partial charge in [0.1, 0.15) is 5.15 Å². The number of hydrogen-bond acceptors (Lipinski definition) is 2. The molecule has 2 aromatic carbocycles. The van der Waals surface area contributed by atoms with E-state index in [0.29, 0.717) is 11.0 Å². The van der Waals surface area contributed by atoms with Gasteiger partial charge in [-0.3, -0.25) is 0 Å². The summed E-state index contributed by atoms with van der Waals surface area (Å²) in [5.74, 6) is 0.669. The van der Waals surface area contributed by atoms with E-state index < -0.39 is 0 Å². The van der Waals surface area contributed by atoms with Crippen molar-refractivity contribution >= 4 is 11.6 Å². The zero-order chi connectivity index (χ0) is 14.8. The number of hydrogen-bond donors (Lipinski definition) is 0. The molecule has 21 heavy (non-hydrogen) atoms. The molecule has 0 saturated carbocycles. The predicted octanol–water partition coefficient (Wildman–Crippen LogP) is 5.08. The van der Waals surface area contributed by atoms with Crippen LogP contribution in [0.1, 0.15) is 11.3 Å². The second-order valence-electron chi connectivity index (χ2n) is 4.99. The molecular weight excluding hydrogens is 280 g/mol. The largest absolute Gasteiger partial charge is 0.233 e. The molecule has 0 fully saturated rings. The second kappa shape index (κ2) is 5.66. The Morgan fingerprint density at radius 2 is 1.29 bits per heavy atom.